The Balaban J connectivity index is 2.41. The Labute approximate surface area is 108 Å². The van der Waals surface area contributed by atoms with Crippen molar-refractivity contribution in [3.63, 3.8) is 0 Å². The fourth-order valence-corrected chi connectivity index (χ4v) is 4.13. The molecule has 0 bridgehead atoms. The average molecular weight is 280 g/mol. The second-order valence-electron chi connectivity index (χ2n) is 4.63. The molecule has 2 saturated carbocycles. The van der Waals surface area contributed by atoms with E-state index in [4.69, 9.17) is 23.2 Å². The van der Waals surface area contributed by atoms with E-state index in [0.717, 1.165) is 0 Å². The number of hydrogen-bond acceptors (Lipinski definition) is 4. The lowest BCUT2D eigenvalue weighted by Gasteiger charge is -2.20. The van der Waals surface area contributed by atoms with Crippen LogP contribution in [0.4, 0.5) is 0 Å². The summed E-state index contributed by atoms with van der Waals surface area (Å²) in [5, 5.41) is 10.8. The van der Waals surface area contributed by atoms with Crippen LogP contribution in [0.25, 0.3) is 0 Å². The SMILES string of the molecule is C[C@@H]([C@@H]1C(Cl)(Cl)C12C(=O)CCCC2=O)[N+](=O)[O-]. The normalized spacial score (nSPS) is 31.4. The molecule has 0 amide bonds. The molecule has 0 unspecified atom stereocenters. The van der Waals surface area contributed by atoms with Crippen LogP contribution >= 0.6 is 23.2 Å². The summed E-state index contributed by atoms with van der Waals surface area (Å²) in [4.78, 5) is 34.1. The lowest BCUT2D eigenvalue weighted by atomic mass is 9.81. The highest BCUT2D eigenvalue weighted by atomic mass is 35.5. The van der Waals surface area contributed by atoms with E-state index in [1.54, 1.807) is 0 Å². The first-order valence-electron chi connectivity index (χ1n) is 5.35. The molecule has 1 spiro atoms. The maximum absolute atomic E-state index is 11.9. The summed E-state index contributed by atoms with van der Waals surface area (Å²) >= 11 is 12.0. The zero-order valence-electron chi connectivity index (χ0n) is 9.11. The molecule has 0 radical (unpaired) electrons. The third-order valence-corrected chi connectivity index (χ3v) is 4.87. The molecule has 0 aromatic carbocycles. The van der Waals surface area contributed by atoms with Gasteiger partial charge in [-0.15, -0.1) is 0 Å². The molecule has 5 nitrogen and oxygen atoms in total. The quantitative estimate of drug-likeness (QED) is 0.334. The van der Waals surface area contributed by atoms with Crippen LogP contribution in [0.3, 0.4) is 0 Å². The van der Waals surface area contributed by atoms with Crippen molar-refractivity contribution >= 4 is 34.8 Å². The molecule has 7 heteroatoms. The van der Waals surface area contributed by atoms with E-state index in [0.29, 0.717) is 6.42 Å². The monoisotopic (exact) mass is 279 g/mol. The van der Waals surface area contributed by atoms with Crippen LogP contribution in [0.2, 0.25) is 0 Å². The zero-order valence-corrected chi connectivity index (χ0v) is 10.6. The molecule has 0 aromatic rings. The van der Waals surface area contributed by atoms with Gasteiger partial charge < -0.3 is 0 Å². The van der Waals surface area contributed by atoms with E-state index >= 15 is 0 Å². The van der Waals surface area contributed by atoms with Gasteiger partial charge in [-0.1, -0.05) is 23.2 Å². The fraction of sp³-hybridized carbons (Fsp3) is 0.800. The van der Waals surface area contributed by atoms with Crippen molar-refractivity contribution in [3.8, 4) is 0 Å². The molecular weight excluding hydrogens is 269 g/mol. The van der Waals surface area contributed by atoms with Crippen molar-refractivity contribution in [1.29, 1.82) is 0 Å². The number of hydrogen-bond donors (Lipinski definition) is 0. The number of halogens is 2. The van der Waals surface area contributed by atoms with E-state index in [1.165, 1.54) is 6.92 Å². The Bertz CT molecular complexity index is 405. The summed E-state index contributed by atoms with van der Waals surface area (Å²) in [5.74, 6) is -1.61. The van der Waals surface area contributed by atoms with Gasteiger partial charge in [-0.3, -0.25) is 19.7 Å². The smallest absolute Gasteiger partial charge is 0.217 e. The number of Topliss-reactive ketones (excluding diaryl/α,β-unsaturated/α-hetero) is 2. The zero-order chi connectivity index (χ0) is 13.0. The van der Waals surface area contributed by atoms with Gasteiger partial charge in [0.2, 0.25) is 6.04 Å². The van der Waals surface area contributed by atoms with E-state index < -0.39 is 26.6 Å². The molecule has 0 aromatic heterocycles. The lowest BCUT2D eigenvalue weighted by molar-refractivity contribution is -0.523. The maximum atomic E-state index is 11.9. The van der Waals surface area contributed by atoms with E-state index in [2.05, 4.69) is 0 Å². The first kappa shape index (κ1) is 12.8. The fourth-order valence-electron chi connectivity index (χ4n) is 2.89. The van der Waals surface area contributed by atoms with E-state index in [1.807, 2.05) is 0 Å². The van der Waals surface area contributed by atoms with Gasteiger partial charge in [0, 0.05) is 24.7 Å². The van der Waals surface area contributed by atoms with Gasteiger partial charge in [0.15, 0.2) is 0 Å². The van der Waals surface area contributed by atoms with Crippen LogP contribution in [-0.4, -0.2) is 26.9 Å². The van der Waals surface area contributed by atoms with Gasteiger partial charge in [0.05, 0.1) is 5.92 Å². The number of carbonyl (C=O) groups is 2. The first-order valence-corrected chi connectivity index (χ1v) is 6.11. The van der Waals surface area contributed by atoms with Gasteiger partial charge in [-0.25, -0.2) is 0 Å². The van der Waals surface area contributed by atoms with Crippen molar-refractivity contribution in [2.75, 3.05) is 0 Å². The highest BCUT2D eigenvalue weighted by Crippen LogP contribution is 2.73. The summed E-state index contributed by atoms with van der Waals surface area (Å²) in [5.41, 5.74) is -1.53. The van der Waals surface area contributed by atoms with Crippen LogP contribution in [-0.2, 0) is 9.59 Å². The van der Waals surface area contributed by atoms with Crippen molar-refractivity contribution in [2.45, 2.75) is 36.6 Å². The van der Waals surface area contributed by atoms with Gasteiger partial charge in [0.1, 0.15) is 21.3 Å². The van der Waals surface area contributed by atoms with Gasteiger partial charge >= 0.3 is 0 Å². The van der Waals surface area contributed by atoms with Crippen LogP contribution in [0, 0.1) is 21.4 Å². The van der Waals surface area contributed by atoms with E-state index in [9.17, 15) is 19.7 Å². The van der Waals surface area contributed by atoms with Crippen molar-refractivity contribution < 1.29 is 14.5 Å². The Kier molecular flexibility index (Phi) is 2.74. The number of nitro groups is 1. The molecule has 94 valence electrons. The van der Waals surface area contributed by atoms with Crippen molar-refractivity contribution in [2.24, 2.45) is 11.3 Å². The molecule has 0 saturated heterocycles. The Morgan fingerprint density at radius 3 is 2.24 bits per heavy atom. The second-order valence-corrected chi connectivity index (χ2v) is 6.02. The van der Waals surface area contributed by atoms with E-state index in [-0.39, 0.29) is 24.4 Å². The van der Waals surface area contributed by atoms with Crippen molar-refractivity contribution in [1.82, 2.24) is 0 Å². The Morgan fingerprint density at radius 1 is 1.35 bits per heavy atom. The minimum absolute atomic E-state index is 0.216. The molecule has 0 heterocycles. The summed E-state index contributed by atoms with van der Waals surface area (Å²) in [6.45, 7) is 1.33. The van der Waals surface area contributed by atoms with Crippen LogP contribution in [0.5, 0.6) is 0 Å². The summed E-state index contributed by atoms with van der Waals surface area (Å²) in [6.07, 6.45) is 0.907. The number of carbonyl (C=O) groups excluding carboxylic acids is 2. The minimum Gasteiger partial charge on any atom is -0.298 e. The molecule has 17 heavy (non-hydrogen) atoms. The third kappa shape index (κ3) is 1.38. The van der Waals surface area contributed by atoms with Crippen LogP contribution < -0.4 is 0 Å². The van der Waals surface area contributed by atoms with Crippen LogP contribution in [0.1, 0.15) is 26.2 Å². The first-order chi connectivity index (χ1) is 7.77. The molecule has 2 fully saturated rings. The average Bonchev–Trinajstić information content (AvgIpc) is 2.72. The number of alkyl halides is 2. The van der Waals surface area contributed by atoms with Gasteiger partial charge in [-0.05, 0) is 6.42 Å². The summed E-state index contributed by atoms with van der Waals surface area (Å²) in [6, 6.07) is -1.10. The molecule has 2 rings (SSSR count). The van der Waals surface area contributed by atoms with Gasteiger partial charge in [-0.2, -0.15) is 0 Å². The molecule has 0 N–H and O–H groups in total. The standard InChI is InChI=1S/C10H11Cl2NO4/c1-5(13(16)17)8-9(10(8,11)12)6(14)3-2-4-7(9)15/h5,8H,2-4H2,1H3/t5-,8-/m0/s1. The maximum Gasteiger partial charge on any atom is 0.217 e. The predicted octanol–water partition coefficient (Wildman–Crippen LogP) is 1.76. The molecule has 2 atom stereocenters. The number of rotatable bonds is 2. The topological polar surface area (TPSA) is 77.3 Å². The minimum atomic E-state index is -1.62. The summed E-state index contributed by atoms with van der Waals surface area (Å²) in [7, 11) is 0. The highest BCUT2D eigenvalue weighted by molar-refractivity contribution is 6.56. The molecular formula is C10H11Cl2NO4. The van der Waals surface area contributed by atoms with Gasteiger partial charge in [0.25, 0.3) is 0 Å². The second kappa shape index (κ2) is 3.65. The largest absolute Gasteiger partial charge is 0.298 e. The number of nitrogens with zero attached hydrogens (tertiary/aromatic N) is 1. The molecule has 2 aliphatic carbocycles. The lowest BCUT2D eigenvalue weighted by Crippen LogP contribution is -2.37. The number of ketones is 2. The third-order valence-electron chi connectivity index (χ3n) is 3.80. The Hall–Kier alpha value is -0.680. The summed E-state index contributed by atoms with van der Waals surface area (Å²) < 4.78 is -1.62. The predicted molar refractivity (Wildman–Crippen MR) is 60.7 cm³/mol. The molecule has 0 aliphatic heterocycles. The van der Waals surface area contributed by atoms with Crippen molar-refractivity contribution in [3.05, 3.63) is 10.1 Å². The highest BCUT2D eigenvalue weighted by Gasteiger charge is 2.86. The molecule has 2 aliphatic rings. The van der Waals surface area contributed by atoms with Crippen LogP contribution in [0.15, 0.2) is 0 Å². The Morgan fingerprint density at radius 2 is 1.82 bits per heavy atom.